The summed E-state index contributed by atoms with van der Waals surface area (Å²) in [7, 11) is 0. The molecule has 16 amide bonds. The number of carbonyl (C=O) groups excluding carboxylic acids is 16. The van der Waals surface area contributed by atoms with Crippen molar-refractivity contribution < 1.29 is 96.4 Å². The number of aryl methyl sites for hydroxylation is 1. The van der Waals surface area contributed by atoms with E-state index in [1.807, 2.05) is 12.1 Å². The number of amides is 16. The van der Waals surface area contributed by atoms with Crippen molar-refractivity contribution in [2.24, 2.45) is 22.9 Å². The molecule has 760 valence electrons. The van der Waals surface area contributed by atoms with E-state index in [4.69, 9.17) is 37.8 Å². The lowest BCUT2D eigenvalue weighted by Gasteiger charge is -2.31. The summed E-state index contributed by atoms with van der Waals surface area (Å²) in [6.07, 6.45) is 16.7. The number of imidazole rings is 1. The number of unbranched alkanes of at least 4 members (excludes halogenated alkanes) is 13. The van der Waals surface area contributed by atoms with Gasteiger partial charge in [-0.1, -0.05) is 139 Å². The monoisotopic (exact) mass is 1930 g/mol. The van der Waals surface area contributed by atoms with Gasteiger partial charge in [-0.15, -0.1) is 5.10 Å². The SMILES string of the molecule is CCCC[C@H](NC(=O)[C@H](CCN)NC(=O)[C@H](Cc1c[nH]cn1)NC(=O)[C@H](CCC(N)=O)NC(=O)[C@H](CO)NC(=O)CNC(=O)COCCOCCNC(=O)CCCCCCCCCCCCCCCc1nnn[nH]1)C(=O)N[C@H]1CCC(=O)NCCCC[C@@H](C(N)=O)NC(=O)[C@H](Cc2c[nH]c3ccccc23)NC(=O)[C@H](CCCNC(=N)N)NC(=O)[C@@H](Cc2ccccc2)NC(=O)[C@@H]2C[C@@H](O)CN2C1=O. The molecule has 12 atom stereocenters. The van der Waals surface area contributed by atoms with E-state index in [-0.39, 0.29) is 128 Å². The number of fused-ring (bicyclic) bond motifs is 2. The van der Waals surface area contributed by atoms with Gasteiger partial charge < -0.3 is 132 Å². The Morgan fingerprint density at radius 2 is 1.22 bits per heavy atom. The molecule has 47 heteroatoms. The van der Waals surface area contributed by atoms with Crippen molar-refractivity contribution in [1.29, 1.82) is 5.41 Å². The first kappa shape index (κ1) is 112. The molecular formula is C91H141N27O20. The van der Waals surface area contributed by atoms with E-state index in [1.54, 1.807) is 55.6 Å². The normalized spacial score (nSPS) is 18.7. The lowest BCUT2D eigenvalue weighted by Crippen LogP contribution is -2.61. The van der Waals surface area contributed by atoms with E-state index in [0.717, 1.165) is 60.2 Å². The summed E-state index contributed by atoms with van der Waals surface area (Å²) in [5, 5.41) is 80.6. The predicted molar refractivity (Wildman–Crippen MR) is 503 cm³/mol. The lowest BCUT2D eigenvalue weighted by atomic mass is 10.0. The molecule has 5 aromatic rings. The van der Waals surface area contributed by atoms with Gasteiger partial charge in [-0.2, -0.15) is 0 Å². The third kappa shape index (κ3) is 41.8. The Morgan fingerprint density at radius 3 is 1.88 bits per heavy atom. The number of nitrogens with zero attached hydrogens (tertiary/aromatic N) is 5. The van der Waals surface area contributed by atoms with E-state index >= 15 is 19.2 Å². The number of para-hydroxylation sites is 1. The minimum atomic E-state index is -1.76. The number of ether oxygens (including phenoxy) is 2. The van der Waals surface area contributed by atoms with Gasteiger partial charge in [-0.05, 0) is 105 Å². The van der Waals surface area contributed by atoms with E-state index in [0.29, 0.717) is 24.0 Å². The zero-order valence-electron chi connectivity index (χ0n) is 78.6. The van der Waals surface area contributed by atoms with Crippen LogP contribution in [-0.4, -0.2) is 296 Å². The fourth-order valence-electron chi connectivity index (χ4n) is 15.8. The largest absolute Gasteiger partial charge is 0.394 e. The molecule has 2 aromatic carbocycles. The van der Waals surface area contributed by atoms with Crippen molar-refractivity contribution in [2.45, 2.75) is 285 Å². The number of hydrogen-bond donors (Lipinski definition) is 24. The summed E-state index contributed by atoms with van der Waals surface area (Å²) >= 11 is 0. The molecule has 3 aromatic heterocycles. The third-order valence-corrected chi connectivity index (χ3v) is 23.4. The van der Waals surface area contributed by atoms with Crippen LogP contribution in [0.2, 0.25) is 0 Å². The number of guanidine groups is 1. The number of nitrogens with one attached hydrogen (secondary N) is 18. The standard InChI is InChI=1S/C91H141N27O20/c1-2-3-28-64(81(127)110-68-35-37-77(123)98-40-23-22-30-63(80(94)126)105-86(132)70(47-58-50-101-62-29-21-20-27-61(58)62)111-82(128)65(31-24-41-100-91(95)96)107-85(131)69(46-57-25-16-15-17-26-57)113-89(135)73-49-60(120)53-118(73)90(68)136)106-84(130)67(38-39-92)109-87(133)71(48-59-51-97-56-103-59)112-83(129)66(34-36-74(93)121)108-88(134)72(54-119)104-78(124)52-102-79(125)55-138-45-44-137-43-42-99-76(122)33-19-14-12-10-8-6-4-5-7-9-11-13-18-32-75-114-116-117-115-75/h15-17,20-21,25-27,29,50-51,56,60,63-73,101,119-120H,2-14,18-19,22-24,28,30-49,52-55,92H2,1H3,(H2,93,121)(H2,94,126)(H,97,103)(H,98,123)(H,99,122)(H,102,125)(H,104,124)(H,105,132)(H,106,130)(H,107,131)(H,108,134)(H,109,133)(H,110,127)(H,111,128)(H,112,129)(H,113,135)(H4,95,96,100)(H,114,115,116,117)/t60-,63+,64+,65+,66+,67+,68+,69-,70+,71+,72+,73+/m1/s1. The van der Waals surface area contributed by atoms with E-state index in [1.165, 1.54) is 63.9 Å². The number of nitrogens with two attached hydrogens (primary N) is 4. The van der Waals surface area contributed by atoms with Crippen molar-refractivity contribution in [2.75, 3.05) is 72.3 Å². The number of rotatable bonds is 57. The Bertz CT molecular complexity index is 4680. The summed E-state index contributed by atoms with van der Waals surface area (Å²) in [5.74, 6) is -13.6. The molecule has 2 aliphatic rings. The minimum absolute atomic E-state index is 0.0110. The van der Waals surface area contributed by atoms with Gasteiger partial charge in [0.05, 0.1) is 51.1 Å². The maximum atomic E-state index is 15.4. The van der Waals surface area contributed by atoms with Gasteiger partial charge in [0.15, 0.2) is 5.96 Å². The molecule has 2 aliphatic heterocycles. The lowest BCUT2D eigenvalue weighted by molar-refractivity contribution is -0.143. The zero-order valence-corrected chi connectivity index (χ0v) is 78.6. The summed E-state index contributed by atoms with van der Waals surface area (Å²) in [6.45, 7) is -0.629. The van der Waals surface area contributed by atoms with Crippen molar-refractivity contribution in [3.05, 3.63) is 96.0 Å². The van der Waals surface area contributed by atoms with Crippen molar-refractivity contribution in [3.63, 3.8) is 0 Å². The van der Waals surface area contributed by atoms with Crippen LogP contribution in [0.3, 0.4) is 0 Å². The van der Waals surface area contributed by atoms with Gasteiger partial charge in [-0.25, -0.2) is 10.1 Å². The van der Waals surface area contributed by atoms with Gasteiger partial charge in [0, 0.05) is 101 Å². The van der Waals surface area contributed by atoms with Crippen LogP contribution >= 0.6 is 0 Å². The Kier molecular flexibility index (Phi) is 50.7. The molecule has 5 heterocycles. The molecule has 0 radical (unpaired) electrons. The van der Waals surface area contributed by atoms with Crippen LogP contribution in [0.25, 0.3) is 10.9 Å². The van der Waals surface area contributed by atoms with E-state index in [9.17, 15) is 67.7 Å². The fraction of sp³-hybridized carbons (Fsp3) is 0.615. The van der Waals surface area contributed by atoms with Crippen LogP contribution < -0.4 is 97.4 Å². The highest BCUT2D eigenvalue weighted by Crippen LogP contribution is 2.24. The molecule has 0 bridgehead atoms. The Balaban J connectivity index is 0.958. The van der Waals surface area contributed by atoms with Crippen molar-refractivity contribution in [1.82, 2.24) is 115 Å². The quantitative estimate of drug-likeness (QED) is 0.0104. The molecule has 7 rings (SSSR count). The second-order valence-electron chi connectivity index (χ2n) is 34.5. The number of tetrazole rings is 1. The molecule has 2 fully saturated rings. The molecule has 0 aliphatic carbocycles. The first-order valence-corrected chi connectivity index (χ1v) is 47.8. The summed E-state index contributed by atoms with van der Waals surface area (Å²) in [4.78, 5) is 236. The summed E-state index contributed by atoms with van der Waals surface area (Å²) < 4.78 is 10.9. The number of aromatic nitrogens is 7. The average Bonchev–Trinajstić information content (AvgIpc) is 1.66. The van der Waals surface area contributed by atoms with Crippen LogP contribution in [0.4, 0.5) is 0 Å². The molecule has 0 unspecified atom stereocenters. The van der Waals surface area contributed by atoms with Gasteiger partial charge in [0.1, 0.15) is 78.9 Å². The topological polar surface area (TPSA) is 731 Å². The number of hydrogen-bond acceptors (Lipinski definition) is 26. The fourth-order valence-corrected chi connectivity index (χ4v) is 15.8. The molecule has 0 spiro atoms. The second kappa shape index (κ2) is 62.6. The Morgan fingerprint density at radius 1 is 0.601 bits per heavy atom. The van der Waals surface area contributed by atoms with Gasteiger partial charge in [0.2, 0.25) is 94.5 Å². The zero-order chi connectivity index (χ0) is 99.9. The number of benzene rings is 2. The average molecular weight is 1930 g/mol. The third-order valence-electron chi connectivity index (χ3n) is 23.4. The highest BCUT2D eigenvalue weighted by molar-refractivity contribution is 6.01. The number of aromatic amines is 3. The van der Waals surface area contributed by atoms with Crippen LogP contribution in [-0.2, 0) is 112 Å². The van der Waals surface area contributed by atoms with Crippen LogP contribution in [0, 0.1) is 5.41 Å². The minimum Gasteiger partial charge on any atom is -0.394 e. The highest BCUT2D eigenvalue weighted by atomic mass is 16.5. The predicted octanol–water partition coefficient (Wildman–Crippen LogP) is -3.16. The number of aliphatic hydroxyl groups is 2. The molecular weight excluding hydrogens is 1790 g/mol. The Hall–Kier alpha value is -13.2. The molecule has 138 heavy (non-hydrogen) atoms. The van der Waals surface area contributed by atoms with Gasteiger partial charge in [0.25, 0.3) is 0 Å². The number of H-pyrrole nitrogens is 3. The van der Waals surface area contributed by atoms with Crippen LogP contribution in [0.15, 0.2) is 73.3 Å². The maximum absolute atomic E-state index is 15.4. The highest BCUT2D eigenvalue weighted by Gasteiger charge is 2.44. The molecule has 28 N–H and O–H groups in total. The van der Waals surface area contributed by atoms with Crippen LogP contribution in [0.1, 0.15) is 209 Å². The van der Waals surface area contributed by atoms with Crippen molar-refractivity contribution >= 4 is 111 Å². The van der Waals surface area contributed by atoms with Gasteiger partial charge >= 0.3 is 0 Å². The van der Waals surface area contributed by atoms with E-state index in [2.05, 4.69) is 110 Å². The molecule has 0 saturated carbocycles. The first-order valence-electron chi connectivity index (χ1n) is 47.8. The van der Waals surface area contributed by atoms with Gasteiger partial charge in [-0.3, -0.25) is 82.1 Å². The summed E-state index contributed by atoms with van der Waals surface area (Å²) in [6, 6.07) is -1.59. The number of carbonyl (C=O) groups is 16. The molecule has 47 nitrogen and oxygen atoms in total. The second-order valence-corrected chi connectivity index (χ2v) is 34.5. The smallest absolute Gasteiger partial charge is 0.246 e. The van der Waals surface area contributed by atoms with Crippen molar-refractivity contribution in [3.8, 4) is 0 Å². The Labute approximate surface area is 800 Å². The summed E-state index contributed by atoms with van der Waals surface area (Å²) in [5.41, 5.74) is 25.1. The number of primary amides is 2. The maximum Gasteiger partial charge on any atom is 0.246 e. The molecule has 2 saturated heterocycles. The number of aliphatic hydroxyl groups excluding tert-OH is 2. The van der Waals surface area contributed by atoms with Crippen LogP contribution in [0.5, 0.6) is 0 Å². The first-order chi connectivity index (χ1) is 66.5. The van der Waals surface area contributed by atoms with E-state index < -0.39 is 226 Å².